The number of rotatable bonds is 5. The number of benzene rings is 2. The summed E-state index contributed by atoms with van der Waals surface area (Å²) >= 11 is 0. The van der Waals surface area contributed by atoms with Gasteiger partial charge in [0.2, 0.25) is 0 Å². The molecule has 0 unspecified atom stereocenters. The molecule has 0 saturated carbocycles. The summed E-state index contributed by atoms with van der Waals surface area (Å²) < 4.78 is 0. The predicted molar refractivity (Wildman–Crippen MR) is 86.1 cm³/mol. The van der Waals surface area contributed by atoms with Crippen molar-refractivity contribution in [1.82, 2.24) is 0 Å². The topological polar surface area (TPSA) is 66.4 Å². The Balaban J connectivity index is 1.76. The lowest BCUT2D eigenvalue weighted by atomic mass is 9.86. The molecule has 0 radical (unpaired) electrons. The Bertz CT molecular complexity index is 723. The van der Waals surface area contributed by atoms with E-state index in [1.165, 1.54) is 16.3 Å². The van der Waals surface area contributed by atoms with E-state index in [9.17, 15) is 9.59 Å². The Labute approximate surface area is 129 Å². The highest BCUT2D eigenvalue weighted by Crippen LogP contribution is 2.32. The molecule has 0 aromatic heterocycles. The predicted octanol–water partition coefficient (Wildman–Crippen LogP) is 3.25. The summed E-state index contributed by atoms with van der Waals surface area (Å²) in [4.78, 5) is 22.8. The number of aliphatic carboxylic acids is 1. The van der Waals surface area contributed by atoms with E-state index in [1.54, 1.807) is 0 Å². The molecule has 1 atom stereocenters. The molecule has 0 bridgehead atoms. The average molecular weight is 297 g/mol. The maximum absolute atomic E-state index is 12.3. The molecule has 1 heterocycles. The number of carbonyl (C=O) groups is 2. The van der Waals surface area contributed by atoms with Crippen molar-refractivity contribution in [3.8, 4) is 0 Å². The standard InChI is InChI=1S/C18H19NO3/c20-17(6-3-7-18(21)22)13-10-15-14-5-2-1-4-12(14)8-9-16(15)19-11-13/h1-2,4-5,8-9,13,19H,3,6-7,10-11H2,(H,21,22)/t13-/m0/s1. The van der Waals surface area contributed by atoms with Crippen molar-refractivity contribution in [2.75, 3.05) is 11.9 Å². The van der Waals surface area contributed by atoms with Gasteiger partial charge in [0, 0.05) is 31.0 Å². The summed E-state index contributed by atoms with van der Waals surface area (Å²) in [5.41, 5.74) is 2.30. The van der Waals surface area contributed by atoms with Gasteiger partial charge >= 0.3 is 5.97 Å². The molecule has 2 aromatic rings. The van der Waals surface area contributed by atoms with Crippen LogP contribution in [0.2, 0.25) is 0 Å². The van der Waals surface area contributed by atoms with Gasteiger partial charge in [0.1, 0.15) is 5.78 Å². The minimum absolute atomic E-state index is 0.0609. The van der Waals surface area contributed by atoms with Crippen molar-refractivity contribution >= 4 is 28.2 Å². The van der Waals surface area contributed by atoms with Crippen LogP contribution >= 0.6 is 0 Å². The summed E-state index contributed by atoms with van der Waals surface area (Å²) in [6.45, 7) is 0.636. The third-order valence-corrected chi connectivity index (χ3v) is 4.30. The Hall–Kier alpha value is -2.36. The van der Waals surface area contributed by atoms with Crippen LogP contribution in [0.5, 0.6) is 0 Å². The second kappa shape index (κ2) is 6.18. The minimum atomic E-state index is -0.842. The number of anilines is 1. The number of carbonyl (C=O) groups excluding carboxylic acids is 1. The van der Waals surface area contributed by atoms with Crippen LogP contribution in [0.25, 0.3) is 10.8 Å². The molecular weight excluding hydrogens is 278 g/mol. The van der Waals surface area contributed by atoms with Gasteiger partial charge in [0.15, 0.2) is 0 Å². The van der Waals surface area contributed by atoms with Gasteiger partial charge in [-0.15, -0.1) is 0 Å². The zero-order valence-electron chi connectivity index (χ0n) is 12.3. The van der Waals surface area contributed by atoms with Crippen molar-refractivity contribution in [1.29, 1.82) is 0 Å². The maximum Gasteiger partial charge on any atom is 0.303 e. The summed E-state index contributed by atoms with van der Waals surface area (Å²) in [6.07, 6.45) is 1.56. The Morgan fingerprint density at radius 1 is 1.14 bits per heavy atom. The van der Waals surface area contributed by atoms with E-state index in [-0.39, 0.29) is 18.1 Å². The van der Waals surface area contributed by atoms with Crippen LogP contribution < -0.4 is 5.32 Å². The number of carboxylic acid groups (broad SMARTS) is 1. The molecule has 4 nitrogen and oxygen atoms in total. The van der Waals surface area contributed by atoms with Crippen molar-refractivity contribution in [2.24, 2.45) is 5.92 Å². The number of nitrogens with one attached hydrogen (secondary N) is 1. The zero-order valence-corrected chi connectivity index (χ0v) is 12.3. The first kappa shape index (κ1) is 14.6. The van der Waals surface area contributed by atoms with Gasteiger partial charge in [-0.1, -0.05) is 30.3 Å². The second-order valence-corrected chi connectivity index (χ2v) is 5.81. The fourth-order valence-electron chi connectivity index (χ4n) is 3.12. The highest BCUT2D eigenvalue weighted by Gasteiger charge is 2.25. The zero-order chi connectivity index (χ0) is 15.5. The lowest BCUT2D eigenvalue weighted by Crippen LogP contribution is -2.30. The molecule has 3 rings (SSSR count). The molecule has 22 heavy (non-hydrogen) atoms. The van der Waals surface area contributed by atoms with Gasteiger partial charge in [-0.2, -0.15) is 0 Å². The highest BCUT2D eigenvalue weighted by atomic mass is 16.4. The molecule has 0 saturated heterocycles. The van der Waals surface area contributed by atoms with E-state index in [4.69, 9.17) is 5.11 Å². The number of carboxylic acids is 1. The Morgan fingerprint density at radius 3 is 2.77 bits per heavy atom. The smallest absolute Gasteiger partial charge is 0.303 e. The van der Waals surface area contributed by atoms with E-state index in [0.717, 1.165) is 12.1 Å². The number of hydrogen-bond acceptors (Lipinski definition) is 3. The Kier molecular flexibility index (Phi) is 4.09. The van der Waals surface area contributed by atoms with Crippen LogP contribution in [0.4, 0.5) is 5.69 Å². The lowest BCUT2D eigenvalue weighted by molar-refractivity contribution is -0.137. The van der Waals surface area contributed by atoms with Gasteiger partial charge < -0.3 is 10.4 Å². The third-order valence-electron chi connectivity index (χ3n) is 4.30. The van der Waals surface area contributed by atoms with E-state index < -0.39 is 5.97 Å². The largest absolute Gasteiger partial charge is 0.481 e. The minimum Gasteiger partial charge on any atom is -0.481 e. The van der Waals surface area contributed by atoms with Crippen LogP contribution in [0.3, 0.4) is 0 Å². The second-order valence-electron chi connectivity index (χ2n) is 5.81. The molecule has 1 aliphatic rings. The van der Waals surface area contributed by atoms with Crippen molar-refractivity contribution in [3.63, 3.8) is 0 Å². The number of Topliss-reactive ketones (excluding diaryl/α,β-unsaturated/α-hetero) is 1. The molecule has 4 heteroatoms. The fraction of sp³-hybridized carbons (Fsp3) is 0.333. The van der Waals surface area contributed by atoms with Gasteiger partial charge in [-0.25, -0.2) is 0 Å². The molecule has 2 N–H and O–H groups in total. The van der Waals surface area contributed by atoms with Gasteiger partial charge in [-0.05, 0) is 35.2 Å². The number of ketones is 1. The average Bonchev–Trinajstić information content (AvgIpc) is 2.53. The SMILES string of the molecule is O=C(O)CCCC(=O)[C@@H]1CNc2ccc3ccccc3c2C1. The molecule has 0 spiro atoms. The molecule has 1 aliphatic heterocycles. The van der Waals surface area contributed by atoms with E-state index >= 15 is 0 Å². The summed E-state index contributed by atoms with van der Waals surface area (Å²) in [7, 11) is 0. The van der Waals surface area contributed by atoms with Gasteiger partial charge in [0.25, 0.3) is 0 Å². The molecule has 0 fully saturated rings. The first-order chi connectivity index (χ1) is 10.6. The van der Waals surface area contributed by atoms with E-state index in [1.807, 2.05) is 12.1 Å². The first-order valence-electron chi connectivity index (χ1n) is 7.64. The first-order valence-corrected chi connectivity index (χ1v) is 7.64. The van der Waals surface area contributed by atoms with Crippen molar-refractivity contribution in [2.45, 2.75) is 25.7 Å². The normalized spacial score (nSPS) is 16.8. The van der Waals surface area contributed by atoms with Gasteiger partial charge in [0.05, 0.1) is 0 Å². The van der Waals surface area contributed by atoms with E-state index in [2.05, 4.69) is 29.6 Å². The molecule has 0 amide bonds. The highest BCUT2D eigenvalue weighted by molar-refractivity contribution is 5.92. The van der Waals surface area contributed by atoms with Crippen LogP contribution in [-0.2, 0) is 16.0 Å². The van der Waals surface area contributed by atoms with Gasteiger partial charge in [-0.3, -0.25) is 9.59 Å². The van der Waals surface area contributed by atoms with Crippen molar-refractivity contribution in [3.05, 3.63) is 42.0 Å². The van der Waals surface area contributed by atoms with Crippen molar-refractivity contribution < 1.29 is 14.7 Å². The monoisotopic (exact) mass is 297 g/mol. The van der Waals surface area contributed by atoms with Crippen LogP contribution in [0.15, 0.2) is 36.4 Å². The summed E-state index contributed by atoms with van der Waals surface area (Å²) in [6, 6.07) is 12.4. The van der Waals surface area contributed by atoms with E-state index in [0.29, 0.717) is 19.4 Å². The van der Waals surface area contributed by atoms with Crippen LogP contribution in [0.1, 0.15) is 24.8 Å². The van der Waals surface area contributed by atoms with Crippen LogP contribution in [0, 0.1) is 5.92 Å². The molecular formula is C18H19NO3. The Morgan fingerprint density at radius 2 is 1.95 bits per heavy atom. The molecule has 2 aromatic carbocycles. The maximum atomic E-state index is 12.3. The lowest BCUT2D eigenvalue weighted by Gasteiger charge is -2.26. The molecule has 114 valence electrons. The number of hydrogen-bond donors (Lipinski definition) is 2. The fourth-order valence-corrected chi connectivity index (χ4v) is 3.12. The third kappa shape index (κ3) is 2.96. The summed E-state index contributed by atoms with van der Waals surface area (Å²) in [5.74, 6) is -0.745. The molecule has 0 aliphatic carbocycles. The summed E-state index contributed by atoms with van der Waals surface area (Å²) in [5, 5.41) is 14.4. The van der Waals surface area contributed by atoms with Crippen LogP contribution in [-0.4, -0.2) is 23.4 Å². The quantitative estimate of drug-likeness (QED) is 0.889. The number of fused-ring (bicyclic) bond motifs is 3.